The standard InChI is InChI=1S/C16H15BrFNO/c17-12-2-1-3-15(9-12)20-16-7-4-13(18)8-11(16)10-19-14-5-6-14/h1-4,7-9,14,19H,5-6,10H2. The molecule has 2 aromatic carbocycles. The predicted molar refractivity (Wildman–Crippen MR) is 80.5 cm³/mol. The highest BCUT2D eigenvalue weighted by Gasteiger charge is 2.20. The van der Waals surface area contributed by atoms with E-state index in [1.54, 1.807) is 6.07 Å². The quantitative estimate of drug-likeness (QED) is 0.859. The van der Waals surface area contributed by atoms with E-state index in [9.17, 15) is 4.39 Å². The molecule has 1 saturated carbocycles. The summed E-state index contributed by atoms with van der Waals surface area (Å²) in [7, 11) is 0. The molecule has 1 fully saturated rings. The largest absolute Gasteiger partial charge is 0.457 e. The number of hydrogen-bond donors (Lipinski definition) is 1. The summed E-state index contributed by atoms with van der Waals surface area (Å²) in [5.74, 6) is 1.19. The lowest BCUT2D eigenvalue weighted by Gasteiger charge is -2.12. The SMILES string of the molecule is Fc1ccc(Oc2cccc(Br)c2)c(CNC2CC2)c1. The fourth-order valence-corrected chi connectivity index (χ4v) is 2.36. The maximum atomic E-state index is 13.4. The van der Waals surface area contributed by atoms with E-state index in [0.29, 0.717) is 18.3 Å². The molecule has 0 unspecified atom stereocenters. The van der Waals surface area contributed by atoms with E-state index in [1.165, 1.54) is 25.0 Å². The topological polar surface area (TPSA) is 21.3 Å². The minimum atomic E-state index is -0.237. The third-order valence-electron chi connectivity index (χ3n) is 3.20. The molecule has 0 amide bonds. The van der Waals surface area contributed by atoms with Crippen LogP contribution in [0.25, 0.3) is 0 Å². The highest BCUT2D eigenvalue weighted by Crippen LogP contribution is 2.29. The van der Waals surface area contributed by atoms with Crippen molar-refractivity contribution in [3.8, 4) is 11.5 Å². The third-order valence-corrected chi connectivity index (χ3v) is 3.70. The highest BCUT2D eigenvalue weighted by molar-refractivity contribution is 9.10. The lowest BCUT2D eigenvalue weighted by molar-refractivity contribution is 0.469. The molecule has 2 nitrogen and oxygen atoms in total. The molecule has 1 aliphatic carbocycles. The Morgan fingerprint density at radius 1 is 1.20 bits per heavy atom. The van der Waals surface area contributed by atoms with Crippen LogP contribution >= 0.6 is 15.9 Å². The van der Waals surface area contributed by atoms with Gasteiger partial charge in [0.15, 0.2) is 0 Å². The molecule has 0 atom stereocenters. The van der Waals surface area contributed by atoms with Gasteiger partial charge < -0.3 is 10.1 Å². The molecule has 1 N–H and O–H groups in total. The zero-order valence-electron chi connectivity index (χ0n) is 10.9. The van der Waals surface area contributed by atoms with Gasteiger partial charge in [-0.2, -0.15) is 0 Å². The Morgan fingerprint density at radius 2 is 2.05 bits per heavy atom. The average molecular weight is 336 g/mol. The molecular weight excluding hydrogens is 321 g/mol. The number of halogens is 2. The Labute approximate surface area is 126 Å². The van der Waals surface area contributed by atoms with Gasteiger partial charge in [0.2, 0.25) is 0 Å². The first kappa shape index (κ1) is 13.6. The second-order valence-electron chi connectivity index (χ2n) is 4.97. The summed E-state index contributed by atoms with van der Waals surface area (Å²) in [5, 5.41) is 3.38. The maximum Gasteiger partial charge on any atom is 0.132 e. The molecule has 0 aliphatic heterocycles. The van der Waals surface area contributed by atoms with Gasteiger partial charge in [0.25, 0.3) is 0 Å². The fourth-order valence-electron chi connectivity index (χ4n) is 1.98. The van der Waals surface area contributed by atoms with Crippen molar-refractivity contribution in [2.24, 2.45) is 0 Å². The van der Waals surface area contributed by atoms with Gasteiger partial charge in [0, 0.05) is 22.6 Å². The van der Waals surface area contributed by atoms with Crippen molar-refractivity contribution in [2.75, 3.05) is 0 Å². The Kier molecular flexibility index (Phi) is 4.03. The summed E-state index contributed by atoms with van der Waals surface area (Å²) < 4.78 is 20.2. The minimum Gasteiger partial charge on any atom is -0.457 e. The van der Waals surface area contributed by atoms with Gasteiger partial charge in [-0.1, -0.05) is 22.0 Å². The highest BCUT2D eigenvalue weighted by atomic mass is 79.9. The average Bonchev–Trinajstić information content (AvgIpc) is 3.23. The first-order valence-corrected chi connectivity index (χ1v) is 7.45. The van der Waals surface area contributed by atoms with Crippen molar-refractivity contribution in [1.82, 2.24) is 5.32 Å². The van der Waals surface area contributed by atoms with E-state index in [4.69, 9.17) is 4.74 Å². The second-order valence-corrected chi connectivity index (χ2v) is 5.88. The van der Waals surface area contributed by atoms with E-state index < -0.39 is 0 Å². The number of hydrogen-bond acceptors (Lipinski definition) is 2. The Balaban J connectivity index is 1.79. The Morgan fingerprint density at radius 3 is 2.80 bits per heavy atom. The van der Waals surface area contributed by atoms with Crippen LogP contribution < -0.4 is 10.1 Å². The number of ether oxygens (including phenoxy) is 1. The first-order valence-electron chi connectivity index (χ1n) is 6.66. The number of benzene rings is 2. The van der Waals surface area contributed by atoms with Crippen molar-refractivity contribution in [3.05, 3.63) is 58.3 Å². The minimum absolute atomic E-state index is 0.237. The van der Waals surface area contributed by atoms with Crippen LogP contribution in [0.5, 0.6) is 11.5 Å². The lowest BCUT2D eigenvalue weighted by Crippen LogP contribution is -2.15. The van der Waals surface area contributed by atoms with E-state index >= 15 is 0 Å². The van der Waals surface area contributed by atoms with E-state index in [1.807, 2.05) is 24.3 Å². The van der Waals surface area contributed by atoms with Crippen LogP contribution in [-0.2, 0) is 6.54 Å². The van der Waals surface area contributed by atoms with E-state index in [2.05, 4.69) is 21.2 Å². The normalized spacial score (nSPS) is 14.3. The number of rotatable bonds is 5. The fraction of sp³-hybridized carbons (Fsp3) is 0.250. The maximum absolute atomic E-state index is 13.4. The van der Waals surface area contributed by atoms with Crippen molar-refractivity contribution in [1.29, 1.82) is 0 Å². The monoisotopic (exact) mass is 335 g/mol. The summed E-state index contributed by atoms with van der Waals surface area (Å²) in [6.45, 7) is 0.631. The molecule has 104 valence electrons. The smallest absolute Gasteiger partial charge is 0.132 e. The van der Waals surface area contributed by atoms with Crippen LogP contribution in [0.15, 0.2) is 46.9 Å². The molecular formula is C16H15BrFNO. The van der Waals surface area contributed by atoms with Crippen LogP contribution in [-0.4, -0.2) is 6.04 Å². The van der Waals surface area contributed by atoms with E-state index in [0.717, 1.165) is 15.8 Å². The predicted octanol–water partition coefficient (Wildman–Crippen LogP) is 4.63. The van der Waals surface area contributed by atoms with Crippen molar-refractivity contribution >= 4 is 15.9 Å². The molecule has 2 aromatic rings. The van der Waals surface area contributed by atoms with Gasteiger partial charge in [-0.25, -0.2) is 4.39 Å². The molecule has 0 aromatic heterocycles. The summed E-state index contributed by atoms with van der Waals surface area (Å²) in [6, 6.07) is 12.8. The summed E-state index contributed by atoms with van der Waals surface area (Å²) in [5.41, 5.74) is 0.844. The van der Waals surface area contributed by atoms with Gasteiger partial charge in [0.05, 0.1) is 0 Å². The van der Waals surface area contributed by atoms with Crippen molar-refractivity contribution < 1.29 is 9.13 Å². The van der Waals surface area contributed by atoms with Gasteiger partial charge in [-0.3, -0.25) is 0 Å². The zero-order chi connectivity index (χ0) is 13.9. The molecule has 0 spiro atoms. The van der Waals surface area contributed by atoms with Gasteiger partial charge >= 0.3 is 0 Å². The third kappa shape index (κ3) is 3.58. The molecule has 0 saturated heterocycles. The van der Waals surface area contributed by atoms with Crippen molar-refractivity contribution in [3.63, 3.8) is 0 Å². The van der Waals surface area contributed by atoms with Gasteiger partial charge in [-0.15, -0.1) is 0 Å². The second kappa shape index (κ2) is 5.94. The molecule has 4 heteroatoms. The van der Waals surface area contributed by atoms with Crippen LogP contribution in [0.1, 0.15) is 18.4 Å². The summed E-state index contributed by atoms with van der Waals surface area (Å²) >= 11 is 3.41. The summed E-state index contributed by atoms with van der Waals surface area (Å²) in [6.07, 6.45) is 2.41. The van der Waals surface area contributed by atoms with Crippen LogP contribution in [0.2, 0.25) is 0 Å². The first-order chi connectivity index (χ1) is 9.70. The van der Waals surface area contributed by atoms with Gasteiger partial charge in [0.1, 0.15) is 17.3 Å². The molecule has 0 radical (unpaired) electrons. The molecule has 20 heavy (non-hydrogen) atoms. The van der Waals surface area contributed by atoms with Gasteiger partial charge in [-0.05, 0) is 49.2 Å². The Bertz CT molecular complexity index is 613. The summed E-state index contributed by atoms with van der Waals surface area (Å²) in [4.78, 5) is 0. The Hall–Kier alpha value is -1.39. The van der Waals surface area contributed by atoms with Crippen LogP contribution in [0.4, 0.5) is 4.39 Å². The molecule has 0 heterocycles. The van der Waals surface area contributed by atoms with E-state index in [-0.39, 0.29) is 5.82 Å². The molecule has 1 aliphatic rings. The zero-order valence-corrected chi connectivity index (χ0v) is 12.5. The number of nitrogens with one attached hydrogen (secondary N) is 1. The van der Waals surface area contributed by atoms with Crippen LogP contribution in [0.3, 0.4) is 0 Å². The van der Waals surface area contributed by atoms with Crippen LogP contribution in [0, 0.1) is 5.82 Å². The van der Waals surface area contributed by atoms with Crippen molar-refractivity contribution in [2.45, 2.75) is 25.4 Å². The lowest BCUT2D eigenvalue weighted by atomic mass is 10.2. The molecule has 0 bridgehead atoms. The molecule has 3 rings (SSSR count).